The van der Waals surface area contributed by atoms with E-state index in [9.17, 15) is 9.59 Å². The molecule has 0 radical (unpaired) electrons. The number of hydrazone groups is 1. The summed E-state index contributed by atoms with van der Waals surface area (Å²) in [4.78, 5) is 30.0. The topological polar surface area (TPSA) is 68.2 Å². The Morgan fingerprint density at radius 3 is 2.47 bits per heavy atom. The number of hydrogen-bond acceptors (Lipinski definition) is 5. The molecule has 2 heterocycles. The van der Waals surface area contributed by atoms with Gasteiger partial charge in [0, 0.05) is 56.4 Å². The van der Waals surface area contributed by atoms with Crippen LogP contribution in [0.4, 0.5) is 11.4 Å². The van der Waals surface area contributed by atoms with Crippen molar-refractivity contribution in [1.29, 1.82) is 0 Å². The van der Waals surface area contributed by atoms with Crippen LogP contribution in [0.15, 0.2) is 59.7 Å². The summed E-state index contributed by atoms with van der Waals surface area (Å²) in [6.45, 7) is 8.85. The molecule has 0 unspecified atom stereocenters. The Hall–Kier alpha value is -3.19. The van der Waals surface area contributed by atoms with Crippen LogP contribution >= 0.6 is 0 Å². The van der Waals surface area contributed by atoms with Gasteiger partial charge >= 0.3 is 0 Å². The maximum Gasteiger partial charge on any atom is 0.271 e. The van der Waals surface area contributed by atoms with Crippen LogP contribution in [-0.2, 0) is 16.1 Å². The van der Waals surface area contributed by atoms with Crippen LogP contribution in [0.2, 0.25) is 0 Å². The maximum atomic E-state index is 12.9. The molecule has 1 N–H and O–H groups in total. The lowest BCUT2D eigenvalue weighted by Crippen LogP contribution is -2.48. The molecule has 7 nitrogen and oxygen atoms in total. The van der Waals surface area contributed by atoms with E-state index in [1.54, 1.807) is 0 Å². The maximum absolute atomic E-state index is 12.9. The van der Waals surface area contributed by atoms with E-state index in [0.717, 1.165) is 43.1 Å². The normalized spacial score (nSPS) is 17.5. The summed E-state index contributed by atoms with van der Waals surface area (Å²) in [7, 11) is 0. The molecule has 0 aromatic heterocycles. The number of rotatable bonds is 6. The van der Waals surface area contributed by atoms with E-state index in [1.807, 2.05) is 48.5 Å². The molecule has 1 fully saturated rings. The third kappa shape index (κ3) is 5.34. The standard InChI is InChI=1S/C25H31N5O2/c1-19(2)28-13-15-29(16-14-28)22-10-6-9-21(17-22)26-25(32)23-11-12-24(31)30(27-23)18-20-7-4-3-5-8-20/h3-10,17,19H,11-16,18H2,1-2H3,(H,26,32). The van der Waals surface area contributed by atoms with Crippen molar-refractivity contribution < 1.29 is 9.59 Å². The van der Waals surface area contributed by atoms with Crippen LogP contribution in [0.3, 0.4) is 0 Å². The van der Waals surface area contributed by atoms with Crippen molar-refractivity contribution in [3.05, 3.63) is 60.2 Å². The Labute approximate surface area is 189 Å². The zero-order valence-electron chi connectivity index (χ0n) is 18.8. The summed E-state index contributed by atoms with van der Waals surface area (Å²) in [5.41, 5.74) is 3.22. The lowest BCUT2D eigenvalue weighted by atomic mass is 10.1. The molecule has 2 aliphatic heterocycles. The summed E-state index contributed by atoms with van der Waals surface area (Å²) >= 11 is 0. The Morgan fingerprint density at radius 2 is 1.75 bits per heavy atom. The molecule has 0 atom stereocenters. The largest absolute Gasteiger partial charge is 0.369 e. The van der Waals surface area contributed by atoms with E-state index in [4.69, 9.17) is 0 Å². The highest BCUT2D eigenvalue weighted by molar-refractivity contribution is 6.43. The van der Waals surface area contributed by atoms with Crippen molar-refractivity contribution in [1.82, 2.24) is 9.91 Å². The first-order valence-corrected chi connectivity index (χ1v) is 11.3. The van der Waals surface area contributed by atoms with Gasteiger partial charge in [0.05, 0.1) is 6.54 Å². The highest BCUT2D eigenvalue weighted by Gasteiger charge is 2.25. The highest BCUT2D eigenvalue weighted by atomic mass is 16.2. The van der Waals surface area contributed by atoms with Crippen LogP contribution in [-0.4, -0.2) is 59.7 Å². The lowest BCUT2D eigenvalue weighted by Gasteiger charge is -2.38. The number of hydrogen-bond donors (Lipinski definition) is 1. The van der Waals surface area contributed by atoms with Crippen molar-refractivity contribution in [2.45, 2.75) is 39.3 Å². The van der Waals surface area contributed by atoms with Crippen LogP contribution in [0, 0.1) is 0 Å². The summed E-state index contributed by atoms with van der Waals surface area (Å²) in [6, 6.07) is 18.2. The van der Waals surface area contributed by atoms with E-state index in [0.29, 0.717) is 31.1 Å². The van der Waals surface area contributed by atoms with Crippen LogP contribution < -0.4 is 10.2 Å². The van der Waals surface area contributed by atoms with E-state index in [-0.39, 0.29) is 11.8 Å². The van der Waals surface area contributed by atoms with Gasteiger partial charge in [-0.1, -0.05) is 36.4 Å². The van der Waals surface area contributed by atoms with Crippen molar-refractivity contribution in [2.24, 2.45) is 5.10 Å². The van der Waals surface area contributed by atoms with Gasteiger partial charge in [0.15, 0.2) is 0 Å². The summed E-state index contributed by atoms with van der Waals surface area (Å²) in [5.74, 6) is -0.315. The number of amides is 2. The van der Waals surface area contributed by atoms with Crippen molar-refractivity contribution in [2.75, 3.05) is 36.4 Å². The zero-order valence-corrected chi connectivity index (χ0v) is 18.8. The van der Waals surface area contributed by atoms with Crippen molar-refractivity contribution in [3.63, 3.8) is 0 Å². The monoisotopic (exact) mass is 433 g/mol. The van der Waals surface area contributed by atoms with E-state index < -0.39 is 0 Å². The van der Waals surface area contributed by atoms with Gasteiger partial charge in [-0.2, -0.15) is 5.10 Å². The third-order valence-electron chi connectivity index (χ3n) is 6.06. The first-order chi connectivity index (χ1) is 15.5. The fourth-order valence-electron chi connectivity index (χ4n) is 4.12. The zero-order chi connectivity index (χ0) is 22.5. The quantitative estimate of drug-likeness (QED) is 0.759. The first kappa shape index (κ1) is 22.0. The molecule has 2 aliphatic rings. The molecule has 2 amide bonds. The molecular formula is C25H31N5O2. The minimum Gasteiger partial charge on any atom is -0.369 e. The van der Waals surface area contributed by atoms with Gasteiger partial charge in [-0.15, -0.1) is 0 Å². The highest BCUT2D eigenvalue weighted by Crippen LogP contribution is 2.22. The van der Waals surface area contributed by atoms with Gasteiger partial charge in [-0.3, -0.25) is 14.5 Å². The molecule has 168 valence electrons. The molecule has 2 aromatic rings. The molecule has 1 saturated heterocycles. The smallest absolute Gasteiger partial charge is 0.271 e. The molecular weight excluding hydrogens is 402 g/mol. The van der Waals surface area contributed by atoms with Gasteiger partial charge < -0.3 is 10.2 Å². The molecule has 32 heavy (non-hydrogen) atoms. The van der Waals surface area contributed by atoms with Gasteiger partial charge in [0.1, 0.15) is 5.71 Å². The average molecular weight is 434 g/mol. The molecule has 7 heteroatoms. The number of carbonyl (C=O) groups excluding carboxylic acids is 2. The van der Waals surface area contributed by atoms with Crippen LogP contribution in [0.25, 0.3) is 0 Å². The van der Waals surface area contributed by atoms with Gasteiger partial charge in [-0.05, 0) is 37.6 Å². The summed E-state index contributed by atoms with van der Waals surface area (Å²) in [5, 5.41) is 8.74. The number of anilines is 2. The van der Waals surface area contributed by atoms with Gasteiger partial charge in [-0.25, -0.2) is 5.01 Å². The molecule has 0 bridgehead atoms. The second-order valence-corrected chi connectivity index (χ2v) is 8.60. The second-order valence-electron chi connectivity index (χ2n) is 8.60. The van der Waals surface area contributed by atoms with Crippen LogP contribution in [0.5, 0.6) is 0 Å². The summed E-state index contributed by atoms with van der Waals surface area (Å²) in [6.07, 6.45) is 0.645. The molecule has 0 aliphatic carbocycles. The Balaban J connectivity index is 1.41. The minimum atomic E-state index is -0.252. The Morgan fingerprint density at radius 1 is 1.00 bits per heavy atom. The lowest BCUT2D eigenvalue weighted by molar-refractivity contribution is -0.132. The average Bonchev–Trinajstić information content (AvgIpc) is 2.81. The van der Waals surface area contributed by atoms with E-state index in [2.05, 4.69) is 40.1 Å². The molecule has 0 spiro atoms. The predicted octanol–water partition coefficient (Wildman–Crippen LogP) is 3.33. The third-order valence-corrected chi connectivity index (χ3v) is 6.06. The number of carbonyl (C=O) groups is 2. The SMILES string of the molecule is CC(C)N1CCN(c2cccc(NC(=O)C3=NN(Cc4ccccc4)C(=O)CC3)c2)CC1. The molecule has 4 rings (SSSR count). The van der Waals surface area contributed by atoms with Crippen molar-refractivity contribution in [3.8, 4) is 0 Å². The first-order valence-electron chi connectivity index (χ1n) is 11.3. The van der Waals surface area contributed by atoms with Crippen LogP contribution in [0.1, 0.15) is 32.3 Å². The fourth-order valence-corrected chi connectivity index (χ4v) is 4.12. The number of nitrogens with one attached hydrogen (secondary N) is 1. The van der Waals surface area contributed by atoms with Gasteiger partial charge in [0.2, 0.25) is 5.91 Å². The predicted molar refractivity (Wildman–Crippen MR) is 128 cm³/mol. The van der Waals surface area contributed by atoms with Crippen molar-refractivity contribution >= 4 is 28.9 Å². The molecule has 2 aromatic carbocycles. The second kappa shape index (κ2) is 9.96. The fraction of sp³-hybridized carbons (Fsp3) is 0.400. The van der Waals surface area contributed by atoms with E-state index >= 15 is 0 Å². The Kier molecular flexibility index (Phi) is 6.85. The number of piperazine rings is 1. The Bertz CT molecular complexity index is 981. The summed E-state index contributed by atoms with van der Waals surface area (Å²) < 4.78 is 0. The van der Waals surface area contributed by atoms with E-state index in [1.165, 1.54) is 5.01 Å². The van der Waals surface area contributed by atoms with Gasteiger partial charge in [0.25, 0.3) is 5.91 Å². The number of benzene rings is 2. The minimum absolute atomic E-state index is 0.0621. The molecule has 0 saturated carbocycles. The number of nitrogens with zero attached hydrogens (tertiary/aromatic N) is 4.